The Morgan fingerprint density at radius 2 is 1.78 bits per heavy atom. The van der Waals surface area contributed by atoms with Crippen LogP contribution in [0, 0.1) is 18.8 Å². The molecule has 1 N–H and O–H groups in total. The number of para-hydroxylation sites is 1. The number of sulfonamides is 1. The van der Waals surface area contributed by atoms with Gasteiger partial charge in [0.1, 0.15) is 6.54 Å². The molecule has 0 spiro atoms. The lowest BCUT2D eigenvalue weighted by molar-refractivity contribution is -0.120. The van der Waals surface area contributed by atoms with Crippen LogP contribution in [0.5, 0.6) is 0 Å². The van der Waals surface area contributed by atoms with Crippen LogP contribution in [0.25, 0.3) is 0 Å². The van der Waals surface area contributed by atoms with Crippen LogP contribution in [0.15, 0.2) is 24.3 Å². The van der Waals surface area contributed by atoms with Crippen molar-refractivity contribution < 1.29 is 13.2 Å². The molecule has 2 saturated carbocycles. The zero-order valence-electron chi connectivity index (χ0n) is 13.7. The van der Waals surface area contributed by atoms with E-state index in [1.807, 2.05) is 19.1 Å². The molecule has 0 atom stereocenters. The molecular weight excluding hydrogens is 312 g/mol. The maximum Gasteiger partial charge on any atom is 0.241 e. The van der Waals surface area contributed by atoms with Gasteiger partial charge in [-0.1, -0.05) is 18.2 Å². The Hall–Kier alpha value is -1.56. The average Bonchev–Trinajstić information content (AvgIpc) is 3.36. The molecule has 0 heterocycles. The molecule has 23 heavy (non-hydrogen) atoms. The molecule has 0 saturated heterocycles. The van der Waals surface area contributed by atoms with Gasteiger partial charge in [-0.05, 0) is 56.1 Å². The Morgan fingerprint density at radius 3 is 2.26 bits per heavy atom. The van der Waals surface area contributed by atoms with Crippen LogP contribution >= 0.6 is 0 Å². The summed E-state index contributed by atoms with van der Waals surface area (Å²) in [7, 11) is -3.51. The van der Waals surface area contributed by atoms with Crippen molar-refractivity contribution in [1.29, 1.82) is 0 Å². The van der Waals surface area contributed by atoms with Gasteiger partial charge in [0, 0.05) is 6.04 Å². The van der Waals surface area contributed by atoms with E-state index in [-0.39, 0.29) is 18.5 Å². The van der Waals surface area contributed by atoms with Crippen LogP contribution in [-0.4, -0.2) is 33.2 Å². The number of amides is 1. The Bertz CT molecular complexity index is 682. The van der Waals surface area contributed by atoms with Crippen molar-refractivity contribution in [3.63, 3.8) is 0 Å². The van der Waals surface area contributed by atoms with Crippen LogP contribution in [0.2, 0.25) is 0 Å². The average molecular weight is 336 g/mol. The maximum absolute atomic E-state index is 12.4. The number of hydrogen-bond donors (Lipinski definition) is 1. The van der Waals surface area contributed by atoms with Gasteiger partial charge < -0.3 is 5.32 Å². The lowest BCUT2D eigenvalue weighted by atomic mass is 10.1. The van der Waals surface area contributed by atoms with Crippen LogP contribution in [0.3, 0.4) is 0 Å². The van der Waals surface area contributed by atoms with Gasteiger partial charge in [-0.25, -0.2) is 8.42 Å². The molecule has 2 aliphatic carbocycles. The third-order valence-corrected chi connectivity index (χ3v) is 5.79. The lowest BCUT2D eigenvalue weighted by Gasteiger charge is -2.25. The fourth-order valence-electron chi connectivity index (χ4n) is 3.12. The summed E-state index contributed by atoms with van der Waals surface area (Å²) in [4.78, 5) is 12.4. The summed E-state index contributed by atoms with van der Waals surface area (Å²) in [5, 5.41) is 3.09. The molecule has 6 heteroatoms. The van der Waals surface area contributed by atoms with Gasteiger partial charge >= 0.3 is 0 Å². The van der Waals surface area contributed by atoms with Gasteiger partial charge in [-0.15, -0.1) is 0 Å². The number of benzene rings is 1. The Kier molecular flexibility index (Phi) is 4.36. The van der Waals surface area contributed by atoms with Gasteiger partial charge in [0.2, 0.25) is 15.9 Å². The number of hydrogen-bond acceptors (Lipinski definition) is 3. The van der Waals surface area contributed by atoms with Crippen molar-refractivity contribution in [2.75, 3.05) is 17.1 Å². The van der Waals surface area contributed by atoms with Crippen LogP contribution in [-0.2, 0) is 14.8 Å². The number of rotatable bonds is 7. The smallest absolute Gasteiger partial charge is 0.241 e. The molecule has 0 unspecified atom stereocenters. The Labute approximate surface area is 138 Å². The number of aryl methyl sites for hydroxylation is 1. The molecule has 1 aromatic rings. The fourth-order valence-corrected chi connectivity index (χ4v) is 4.03. The summed E-state index contributed by atoms with van der Waals surface area (Å²) in [6.07, 6.45) is 5.85. The van der Waals surface area contributed by atoms with Crippen LogP contribution < -0.4 is 9.62 Å². The highest BCUT2D eigenvalue weighted by atomic mass is 32.2. The maximum atomic E-state index is 12.4. The topological polar surface area (TPSA) is 66.5 Å². The summed E-state index contributed by atoms with van der Waals surface area (Å²) < 4.78 is 25.5. The van der Waals surface area contributed by atoms with E-state index in [2.05, 4.69) is 5.32 Å². The van der Waals surface area contributed by atoms with Crippen molar-refractivity contribution >= 4 is 21.6 Å². The van der Waals surface area contributed by atoms with Crippen LogP contribution in [0.1, 0.15) is 31.2 Å². The monoisotopic (exact) mass is 336 g/mol. The van der Waals surface area contributed by atoms with Crippen molar-refractivity contribution in [2.45, 2.75) is 38.6 Å². The van der Waals surface area contributed by atoms with E-state index >= 15 is 0 Å². The number of carbonyl (C=O) groups excluding carboxylic acids is 1. The van der Waals surface area contributed by atoms with Crippen molar-refractivity contribution in [1.82, 2.24) is 5.32 Å². The standard InChI is InChI=1S/C17H24N2O3S/c1-12-5-3-4-6-15(12)19(23(2,21)22)11-16(20)18-17(13-7-8-13)14-9-10-14/h3-6,13-14,17H,7-11H2,1-2H3,(H,18,20). The second-order valence-electron chi connectivity index (χ2n) is 6.82. The molecule has 2 fully saturated rings. The number of carbonyl (C=O) groups is 1. The van der Waals surface area contributed by atoms with Gasteiger partial charge in [-0.3, -0.25) is 9.10 Å². The fraction of sp³-hybridized carbons (Fsp3) is 0.588. The Morgan fingerprint density at radius 1 is 1.22 bits per heavy atom. The van der Waals surface area contributed by atoms with Gasteiger partial charge in [0.25, 0.3) is 0 Å². The predicted molar refractivity (Wildman–Crippen MR) is 90.7 cm³/mol. The van der Waals surface area contributed by atoms with Crippen LogP contribution in [0.4, 0.5) is 5.69 Å². The summed E-state index contributed by atoms with van der Waals surface area (Å²) in [6.45, 7) is 1.70. The van der Waals surface area contributed by atoms with E-state index in [9.17, 15) is 13.2 Å². The third-order valence-electron chi connectivity index (χ3n) is 4.66. The number of anilines is 1. The molecule has 2 aliphatic rings. The molecule has 1 amide bonds. The minimum atomic E-state index is -3.51. The third kappa shape index (κ3) is 4.05. The summed E-state index contributed by atoms with van der Waals surface area (Å²) in [6, 6.07) is 7.47. The first-order valence-electron chi connectivity index (χ1n) is 8.19. The molecule has 1 aromatic carbocycles. The lowest BCUT2D eigenvalue weighted by Crippen LogP contribution is -2.45. The van der Waals surface area contributed by atoms with E-state index in [0.717, 1.165) is 11.8 Å². The number of nitrogens with zero attached hydrogens (tertiary/aromatic N) is 1. The minimum Gasteiger partial charge on any atom is -0.351 e. The highest BCUT2D eigenvalue weighted by Crippen LogP contribution is 2.44. The first kappa shape index (κ1) is 16.3. The molecule has 0 radical (unpaired) electrons. The quantitative estimate of drug-likeness (QED) is 0.829. The van der Waals surface area contributed by atoms with E-state index in [4.69, 9.17) is 0 Å². The highest BCUT2D eigenvalue weighted by Gasteiger charge is 2.42. The predicted octanol–water partition coefficient (Wildman–Crippen LogP) is 2.07. The van der Waals surface area contributed by atoms with E-state index < -0.39 is 10.0 Å². The molecule has 0 bridgehead atoms. The highest BCUT2D eigenvalue weighted by molar-refractivity contribution is 7.92. The van der Waals surface area contributed by atoms with E-state index in [1.54, 1.807) is 12.1 Å². The first-order valence-corrected chi connectivity index (χ1v) is 10.0. The summed E-state index contributed by atoms with van der Waals surface area (Å²) in [5.41, 5.74) is 1.41. The SMILES string of the molecule is Cc1ccccc1N(CC(=O)NC(C1CC1)C1CC1)S(C)(=O)=O. The Balaban J connectivity index is 1.73. The molecule has 0 aliphatic heterocycles. The normalized spacial score (nSPS) is 18.0. The van der Waals surface area contributed by atoms with Crippen molar-refractivity contribution in [3.8, 4) is 0 Å². The summed E-state index contributed by atoms with van der Waals surface area (Å²) >= 11 is 0. The van der Waals surface area contributed by atoms with E-state index in [0.29, 0.717) is 17.5 Å². The van der Waals surface area contributed by atoms with Crippen molar-refractivity contribution in [2.24, 2.45) is 11.8 Å². The van der Waals surface area contributed by atoms with E-state index in [1.165, 1.54) is 30.0 Å². The second-order valence-corrected chi connectivity index (χ2v) is 8.73. The zero-order valence-corrected chi connectivity index (χ0v) is 14.5. The number of nitrogens with one attached hydrogen (secondary N) is 1. The van der Waals surface area contributed by atoms with Gasteiger partial charge in [-0.2, -0.15) is 0 Å². The molecule has 5 nitrogen and oxygen atoms in total. The molecular formula is C17H24N2O3S. The summed E-state index contributed by atoms with van der Waals surface area (Å²) in [5.74, 6) is 0.982. The minimum absolute atomic E-state index is 0.153. The zero-order chi connectivity index (χ0) is 16.6. The van der Waals surface area contributed by atoms with Crippen molar-refractivity contribution in [3.05, 3.63) is 29.8 Å². The molecule has 3 rings (SSSR count). The molecule has 0 aromatic heterocycles. The largest absolute Gasteiger partial charge is 0.351 e. The second kappa shape index (κ2) is 6.15. The van der Waals surface area contributed by atoms with Gasteiger partial charge in [0.05, 0.1) is 11.9 Å². The van der Waals surface area contributed by atoms with Gasteiger partial charge in [0.15, 0.2) is 0 Å². The molecule has 126 valence electrons. The first-order chi connectivity index (χ1) is 10.9.